The highest BCUT2D eigenvalue weighted by molar-refractivity contribution is 7.14. The zero-order chi connectivity index (χ0) is 13.8. The Labute approximate surface area is 117 Å². The zero-order valence-corrected chi connectivity index (χ0v) is 12.0. The van der Waals surface area contributed by atoms with Gasteiger partial charge in [0.05, 0.1) is 10.6 Å². The van der Waals surface area contributed by atoms with Gasteiger partial charge in [-0.25, -0.2) is 5.43 Å². The third kappa shape index (κ3) is 3.51. The molecule has 0 bridgehead atoms. The molecule has 0 saturated heterocycles. The first-order valence-corrected chi connectivity index (χ1v) is 6.86. The van der Waals surface area contributed by atoms with E-state index in [0.29, 0.717) is 5.56 Å². The van der Waals surface area contributed by atoms with Gasteiger partial charge in [0.2, 0.25) is 0 Å². The number of thiophene rings is 1. The number of carbonyl (C=O) groups is 1. The van der Waals surface area contributed by atoms with E-state index in [0.717, 1.165) is 16.2 Å². The maximum atomic E-state index is 11.9. The number of rotatable bonds is 3. The van der Waals surface area contributed by atoms with Gasteiger partial charge in [0.1, 0.15) is 0 Å². The number of nitrogens with one attached hydrogen (secondary N) is 1. The van der Waals surface area contributed by atoms with Crippen molar-refractivity contribution in [2.45, 2.75) is 20.8 Å². The molecular formula is C15H16N2OS. The van der Waals surface area contributed by atoms with Gasteiger partial charge in [-0.15, -0.1) is 11.3 Å². The molecule has 98 valence electrons. The molecule has 1 aromatic carbocycles. The summed E-state index contributed by atoms with van der Waals surface area (Å²) in [5.41, 5.74) is 5.09. The Bertz CT molecular complexity index is 629. The van der Waals surface area contributed by atoms with Crippen molar-refractivity contribution >= 4 is 23.0 Å². The van der Waals surface area contributed by atoms with Crippen LogP contribution in [0, 0.1) is 13.8 Å². The summed E-state index contributed by atoms with van der Waals surface area (Å²) in [5, 5.41) is 4.14. The fraction of sp³-hybridized carbons (Fsp3) is 0.200. The summed E-state index contributed by atoms with van der Waals surface area (Å²) in [7, 11) is 0. The highest BCUT2D eigenvalue weighted by atomic mass is 32.1. The van der Waals surface area contributed by atoms with E-state index < -0.39 is 0 Å². The molecule has 0 aliphatic rings. The predicted octanol–water partition coefficient (Wildman–Crippen LogP) is 3.52. The first-order valence-electron chi connectivity index (χ1n) is 6.04. The van der Waals surface area contributed by atoms with Crippen molar-refractivity contribution in [3.8, 4) is 0 Å². The van der Waals surface area contributed by atoms with Gasteiger partial charge in [-0.1, -0.05) is 17.7 Å². The van der Waals surface area contributed by atoms with Crippen LogP contribution in [0.25, 0.3) is 0 Å². The highest BCUT2D eigenvalue weighted by Crippen LogP contribution is 2.15. The largest absolute Gasteiger partial charge is 0.271 e. The zero-order valence-electron chi connectivity index (χ0n) is 11.2. The van der Waals surface area contributed by atoms with Gasteiger partial charge < -0.3 is 0 Å². The lowest BCUT2D eigenvalue weighted by Crippen LogP contribution is -2.19. The number of amides is 1. The van der Waals surface area contributed by atoms with Crippen LogP contribution in [0.3, 0.4) is 0 Å². The molecule has 0 fully saturated rings. The summed E-state index contributed by atoms with van der Waals surface area (Å²) in [6.45, 7) is 5.90. The third-order valence-corrected chi connectivity index (χ3v) is 3.81. The summed E-state index contributed by atoms with van der Waals surface area (Å²) >= 11 is 1.66. The van der Waals surface area contributed by atoms with E-state index in [2.05, 4.69) is 10.5 Å². The molecule has 3 nitrogen and oxygen atoms in total. The highest BCUT2D eigenvalue weighted by Gasteiger charge is 2.05. The van der Waals surface area contributed by atoms with Crippen molar-refractivity contribution < 1.29 is 4.79 Å². The van der Waals surface area contributed by atoms with Crippen molar-refractivity contribution in [3.05, 3.63) is 57.3 Å². The molecule has 0 aliphatic carbocycles. The molecule has 0 aliphatic heterocycles. The van der Waals surface area contributed by atoms with Gasteiger partial charge in [-0.2, -0.15) is 5.10 Å². The van der Waals surface area contributed by atoms with Crippen molar-refractivity contribution in [2.24, 2.45) is 5.10 Å². The molecule has 2 rings (SSSR count). The van der Waals surface area contributed by atoms with E-state index in [4.69, 9.17) is 0 Å². The second kappa shape index (κ2) is 5.80. The van der Waals surface area contributed by atoms with E-state index in [9.17, 15) is 4.79 Å². The van der Waals surface area contributed by atoms with Crippen LogP contribution in [0.1, 0.15) is 32.6 Å². The van der Waals surface area contributed by atoms with Gasteiger partial charge >= 0.3 is 0 Å². The van der Waals surface area contributed by atoms with Crippen molar-refractivity contribution in [3.63, 3.8) is 0 Å². The lowest BCUT2D eigenvalue weighted by molar-refractivity contribution is 0.0955. The minimum atomic E-state index is -0.184. The first kappa shape index (κ1) is 13.5. The van der Waals surface area contributed by atoms with Crippen molar-refractivity contribution in [2.75, 3.05) is 0 Å². The van der Waals surface area contributed by atoms with Crippen LogP contribution in [0.2, 0.25) is 0 Å². The minimum Gasteiger partial charge on any atom is -0.267 e. The van der Waals surface area contributed by atoms with Crippen molar-refractivity contribution in [1.82, 2.24) is 5.43 Å². The second-order valence-electron chi connectivity index (χ2n) is 4.42. The van der Waals surface area contributed by atoms with Crippen LogP contribution in [0.15, 0.2) is 41.5 Å². The molecule has 19 heavy (non-hydrogen) atoms. The fourth-order valence-corrected chi connectivity index (χ4v) is 2.48. The van der Waals surface area contributed by atoms with Gasteiger partial charge in [0.15, 0.2) is 0 Å². The van der Waals surface area contributed by atoms with Crippen LogP contribution in [0.4, 0.5) is 0 Å². The molecule has 2 aromatic rings. The molecule has 0 saturated carbocycles. The summed E-state index contributed by atoms with van der Waals surface area (Å²) in [5.74, 6) is -0.184. The van der Waals surface area contributed by atoms with Crippen LogP contribution in [-0.4, -0.2) is 11.6 Å². The van der Waals surface area contributed by atoms with E-state index in [1.54, 1.807) is 17.4 Å². The molecule has 0 atom stereocenters. The van der Waals surface area contributed by atoms with Gasteiger partial charge in [-0.05, 0) is 45.0 Å². The van der Waals surface area contributed by atoms with Crippen LogP contribution in [-0.2, 0) is 0 Å². The maximum absolute atomic E-state index is 11.9. The van der Waals surface area contributed by atoms with Crippen LogP contribution >= 0.6 is 11.3 Å². The lowest BCUT2D eigenvalue weighted by atomic mass is 10.1. The number of nitrogens with zero attached hydrogens (tertiary/aromatic N) is 1. The normalized spacial score (nSPS) is 11.4. The van der Waals surface area contributed by atoms with Gasteiger partial charge in [0.25, 0.3) is 5.91 Å². The Kier molecular flexibility index (Phi) is 4.12. The van der Waals surface area contributed by atoms with E-state index in [1.165, 1.54) is 4.88 Å². The Balaban J connectivity index is 2.07. The number of hydrogen-bond acceptors (Lipinski definition) is 3. The monoisotopic (exact) mass is 272 g/mol. The summed E-state index contributed by atoms with van der Waals surface area (Å²) in [6.07, 6.45) is 0. The number of benzene rings is 1. The lowest BCUT2D eigenvalue weighted by Gasteiger charge is -2.02. The van der Waals surface area contributed by atoms with Gasteiger partial charge in [-0.3, -0.25) is 4.79 Å². The average Bonchev–Trinajstić information content (AvgIpc) is 2.82. The van der Waals surface area contributed by atoms with E-state index in [1.807, 2.05) is 51.1 Å². The van der Waals surface area contributed by atoms with Gasteiger partial charge in [0, 0.05) is 10.4 Å². The first-order chi connectivity index (χ1) is 9.06. The summed E-state index contributed by atoms with van der Waals surface area (Å²) < 4.78 is 0. The molecule has 1 heterocycles. The SMILES string of the molecule is C/C(=N/NC(=O)c1cccc(C)c1)c1ccc(C)s1. The molecule has 0 unspecified atom stereocenters. The number of hydrogen-bond donors (Lipinski definition) is 1. The number of aryl methyl sites for hydroxylation is 2. The second-order valence-corrected chi connectivity index (χ2v) is 5.71. The number of carbonyl (C=O) groups excluding carboxylic acids is 1. The minimum absolute atomic E-state index is 0.184. The standard InChI is InChI=1S/C15H16N2OS/c1-10-5-4-6-13(9-10)15(18)17-16-12(3)14-8-7-11(2)19-14/h4-9H,1-3H3,(H,17,18)/b16-12-. The van der Waals surface area contributed by atoms with E-state index >= 15 is 0 Å². The molecule has 4 heteroatoms. The molecule has 1 N–H and O–H groups in total. The molecule has 1 amide bonds. The Morgan fingerprint density at radius 1 is 1.21 bits per heavy atom. The average molecular weight is 272 g/mol. The molecular weight excluding hydrogens is 256 g/mol. The fourth-order valence-electron chi connectivity index (χ4n) is 1.67. The Morgan fingerprint density at radius 3 is 2.63 bits per heavy atom. The smallest absolute Gasteiger partial charge is 0.267 e. The molecule has 0 radical (unpaired) electrons. The quantitative estimate of drug-likeness (QED) is 0.674. The predicted molar refractivity (Wildman–Crippen MR) is 79.9 cm³/mol. The molecule has 1 aromatic heterocycles. The maximum Gasteiger partial charge on any atom is 0.271 e. The molecule has 0 spiro atoms. The Morgan fingerprint density at radius 2 is 2.00 bits per heavy atom. The number of hydrazone groups is 1. The third-order valence-electron chi connectivity index (χ3n) is 2.70. The summed E-state index contributed by atoms with van der Waals surface area (Å²) in [4.78, 5) is 14.2. The van der Waals surface area contributed by atoms with Crippen molar-refractivity contribution in [1.29, 1.82) is 0 Å². The van der Waals surface area contributed by atoms with E-state index in [-0.39, 0.29) is 5.91 Å². The van der Waals surface area contributed by atoms with Crippen LogP contribution in [0.5, 0.6) is 0 Å². The topological polar surface area (TPSA) is 41.5 Å². The van der Waals surface area contributed by atoms with Crippen LogP contribution < -0.4 is 5.43 Å². The summed E-state index contributed by atoms with van der Waals surface area (Å²) in [6, 6.07) is 11.5. The Hall–Kier alpha value is -1.94.